The highest BCUT2D eigenvalue weighted by molar-refractivity contribution is 6.31. The number of amides is 1. The zero-order valence-electron chi connectivity index (χ0n) is 11.9. The summed E-state index contributed by atoms with van der Waals surface area (Å²) in [6.45, 7) is 5.42. The number of halogens is 1. The average Bonchev–Trinajstić information content (AvgIpc) is 2.32. The first-order valence-corrected chi connectivity index (χ1v) is 7.30. The predicted octanol–water partition coefficient (Wildman–Crippen LogP) is 2.43. The van der Waals surface area contributed by atoms with Gasteiger partial charge in [0.25, 0.3) is 0 Å². The number of anilines is 1. The van der Waals surface area contributed by atoms with Gasteiger partial charge in [0.1, 0.15) is 0 Å². The fraction of sp³-hybridized carbons (Fsp3) is 0.533. The lowest BCUT2D eigenvalue weighted by atomic mass is 9.89. The Labute approximate surface area is 124 Å². The molecule has 0 aromatic heterocycles. The SMILES string of the molecule is CCCC1(O)CN(CC(=O)Nc2cc(Cl)ccc2C)C1. The largest absolute Gasteiger partial charge is 0.387 e. The monoisotopic (exact) mass is 296 g/mol. The lowest BCUT2D eigenvalue weighted by Gasteiger charge is -2.46. The number of carbonyl (C=O) groups is 1. The van der Waals surface area contributed by atoms with Gasteiger partial charge in [0, 0.05) is 23.8 Å². The van der Waals surface area contributed by atoms with E-state index in [1.54, 1.807) is 12.1 Å². The molecule has 1 aliphatic rings. The van der Waals surface area contributed by atoms with Gasteiger partial charge in [-0.05, 0) is 31.0 Å². The van der Waals surface area contributed by atoms with Crippen LogP contribution in [0.3, 0.4) is 0 Å². The van der Waals surface area contributed by atoms with E-state index in [9.17, 15) is 9.90 Å². The Kier molecular flexibility index (Phi) is 4.68. The number of nitrogens with one attached hydrogen (secondary N) is 1. The molecule has 1 saturated heterocycles. The molecule has 1 aromatic rings. The van der Waals surface area contributed by atoms with Crippen LogP contribution in [0.2, 0.25) is 5.02 Å². The van der Waals surface area contributed by atoms with Crippen molar-refractivity contribution in [2.45, 2.75) is 32.3 Å². The molecule has 4 nitrogen and oxygen atoms in total. The summed E-state index contributed by atoms with van der Waals surface area (Å²) in [5, 5.41) is 13.5. The fourth-order valence-corrected chi connectivity index (χ4v) is 2.82. The van der Waals surface area contributed by atoms with E-state index in [1.165, 1.54) is 0 Å². The van der Waals surface area contributed by atoms with Crippen LogP contribution < -0.4 is 5.32 Å². The average molecular weight is 297 g/mol. The topological polar surface area (TPSA) is 52.6 Å². The van der Waals surface area contributed by atoms with E-state index in [4.69, 9.17) is 11.6 Å². The molecule has 2 N–H and O–H groups in total. The number of aryl methyl sites for hydroxylation is 1. The summed E-state index contributed by atoms with van der Waals surface area (Å²) in [6.07, 6.45) is 1.75. The first-order chi connectivity index (χ1) is 9.42. The van der Waals surface area contributed by atoms with Crippen molar-refractivity contribution in [3.63, 3.8) is 0 Å². The molecule has 5 heteroatoms. The minimum atomic E-state index is -0.596. The Morgan fingerprint density at radius 3 is 2.85 bits per heavy atom. The minimum Gasteiger partial charge on any atom is -0.387 e. The van der Waals surface area contributed by atoms with Gasteiger partial charge in [0.2, 0.25) is 5.91 Å². The number of nitrogens with zero attached hydrogens (tertiary/aromatic N) is 1. The molecule has 2 rings (SSSR count). The second-order valence-electron chi connectivity index (χ2n) is 5.63. The zero-order chi connectivity index (χ0) is 14.8. The first kappa shape index (κ1) is 15.3. The van der Waals surface area contributed by atoms with Crippen LogP contribution in [0.1, 0.15) is 25.3 Å². The molecular formula is C15H21ClN2O2. The zero-order valence-corrected chi connectivity index (χ0v) is 12.7. The number of β-amino-alcohol motifs (C(OH)–C–C–N with tert-alkyl or cyclic N) is 1. The number of hydrogen-bond acceptors (Lipinski definition) is 3. The third-order valence-corrected chi connectivity index (χ3v) is 3.83. The number of benzene rings is 1. The predicted molar refractivity (Wildman–Crippen MR) is 81.1 cm³/mol. The summed E-state index contributed by atoms with van der Waals surface area (Å²) in [5.74, 6) is -0.0751. The molecule has 1 fully saturated rings. The Morgan fingerprint density at radius 1 is 1.50 bits per heavy atom. The molecule has 1 aromatic carbocycles. The summed E-state index contributed by atoms with van der Waals surface area (Å²) in [6, 6.07) is 5.42. The van der Waals surface area contributed by atoms with Crippen LogP contribution in [0, 0.1) is 6.92 Å². The van der Waals surface area contributed by atoms with Gasteiger partial charge in [0.15, 0.2) is 0 Å². The second-order valence-corrected chi connectivity index (χ2v) is 6.06. The van der Waals surface area contributed by atoms with Crippen molar-refractivity contribution in [3.8, 4) is 0 Å². The number of hydrogen-bond donors (Lipinski definition) is 2. The van der Waals surface area contributed by atoms with Gasteiger partial charge in [-0.1, -0.05) is 31.0 Å². The molecule has 0 atom stereocenters. The van der Waals surface area contributed by atoms with Crippen molar-refractivity contribution in [2.75, 3.05) is 25.0 Å². The Morgan fingerprint density at radius 2 is 2.20 bits per heavy atom. The lowest BCUT2D eigenvalue weighted by Crippen LogP contribution is -2.62. The van der Waals surface area contributed by atoms with Gasteiger partial charge in [0.05, 0.1) is 12.1 Å². The summed E-state index contributed by atoms with van der Waals surface area (Å²) < 4.78 is 0. The van der Waals surface area contributed by atoms with Crippen LogP contribution in [0.4, 0.5) is 5.69 Å². The molecule has 0 radical (unpaired) electrons. The third-order valence-electron chi connectivity index (χ3n) is 3.59. The highest BCUT2D eigenvalue weighted by Gasteiger charge is 2.40. The molecule has 0 saturated carbocycles. The standard InChI is InChI=1S/C15H21ClN2O2/c1-3-6-15(20)9-18(10-15)8-14(19)17-13-7-12(16)5-4-11(13)2/h4-5,7,20H,3,6,8-10H2,1-2H3,(H,17,19). The maximum atomic E-state index is 12.0. The molecule has 0 unspecified atom stereocenters. The Bertz CT molecular complexity index is 499. The molecular weight excluding hydrogens is 276 g/mol. The quantitative estimate of drug-likeness (QED) is 0.877. The highest BCUT2D eigenvalue weighted by Crippen LogP contribution is 2.25. The van der Waals surface area contributed by atoms with Crippen molar-refractivity contribution in [2.24, 2.45) is 0 Å². The van der Waals surface area contributed by atoms with Crippen molar-refractivity contribution < 1.29 is 9.90 Å². The van der Waals surface area contributed by atoms with E-state index in [2.05, 4.69) is 12.2 Å². The smallest absolute Gasteiger partial charge is 0.238 e. The third kappa shape index (κ3) is 3.72. The maximum Gasteiger partial charge on any atom is 0.238 e. The van der Waals surface area contributed by atoms with Crippen LogP contribution in [-0.4, -0.2) is 41.1 Å². The maximum absolute atomic E-state index is 12.0. The highest BCUT2D eigenvalue weighted by atomic mass is 35.5. The van der Waals surface area contributed by atoms with Crippen molar-refractivity contribution in [1.82, 2.24) is 4.90 Å². The number of rotatable bonds is 5. The van der Waals surface area contributed by atoms with Gasteiger partial charge in [-0.15, -0.1) is 0 Å². The second kappa shape index (κ2) is 6.12. The summed E-state index contributed by atoms with van der Waals surface area (Å²) in [5.41, 5.74) is 1.13. The summed E-state index contributed by atoms with van der Waals surface area (Å²) in [7, 11) is 0. The van der Waals surface area contributed by atoms with Crippen LogP contribution in [0.15, 0.2) is 18.2 Å². The minimum absolute atomic E-state index is 0.0751. The summed E-state index contributed by atoms with van der Waals surface area (Å²) >= 11 is 5.92. The fourth-order valence-electron chi connectivity index (χ4n) is 2.64. The van der Waals surface area contributed by atoms with Gasteiger partial charge in [-0.2, -0.15) is 0 Å². The lowest BCUT2D eigenvalue weighted by molar-refractivity contribution is -0.129. The number of aliphatic hydroxyl groups is 1. The first-order valence-electron chi connectivity index (χ1n) is 6.92. The van der Waals surface area contributed by atoms with Gasteiger partial charge in [-0.25, -0.2) is 0 Å². The molecule has 0 aliphatic carbocycles. The molecule has 0 bridgehead atoms. The molecule has 1 heterocycles. The van der Waals surface area contributed by atoms with Gasteiger partial charge in [-0.3, -0.25) is 9.69 Å². The van der Waals surface area contributed by atoms with Crippen LogP contribution in [0.5, 0.6) is 0 Å². The molecule has 0 spiro atoms. The Balaban J connectivity index is 1.84. The van der Waals surface area contributed by atoms with E-state index >= 15 is 0 Å². The van der Waals surface area contributed by atoms with Crippen LogP contribution >= 0.6 is 11.6 Å². The molecule has 1 amide bonds. The van der Waals surface area contributed by atoms with Crippen molar-refractivity contribution in [1.29, 1.82) is 0 Å². The van der Waals surface area contributed by atoms with Crippen LogP contribution in [0.25, 0.3) is 0 Å². The van der Waals surface area contributed by atoms with E-state index in [1.807, 2.05) is 17.9 Å². The number of likely N-dealkylation sites (tertiary alicyclic amines) is 1. The van der Waals surface area contributed by atoms with Gasteiger partial charge >= 0.3 is 0 Å². The van der Waals surface area contributed by atoms with Crippen LogP contribution in [-0.2, 0) is 4.79 Å². The van der Waals surface area contributed by atoms with E-state index < -0.39 is 5.60 Å². The van der Waals surface area contributed by atoms with Gasteiger partial charge < -0.3 is 10.4 Å². The van der Waals surface area contributed by atoms with E-state index in [0.717, 1.165) is 24.1 Å². The van der Waals surface area contributed by atoms with E-state index in [0.29, 0.717) is 24.7 Å². The number of carbonyl (C=O) groups excluding carboxylic acids is 1. The van der Waals surface area contributed by atoms with E-state index in [-0.39, 0.29) is 5.91 Å². The molecule has 1 aliphatic heterocycles. The normalized spacial score (nSPS) is 17.6. The summed E-state index contributed by atoms with van der Waals surface area (Å²) in [4.78, 5) is 13.9. The Hall–Kier alpha value is -1.10. The molecule has 20 heavy (non-hydrogen) atoms. The van der Waals surface area contributed by atoms with Crippen molar-refractivity contribution in [3.05, 3.63) is 28.8 Å². The molecule has 110 valence electrons. The van der Waals surface area contributed by atoms with Crippen molar-refractivity contribution >= 4 is 23.2 Å².